The van der Waals surface area contributed by atoms with Crippen LogP contribution in [-0.4, -0.2) is 39.2 Å². The van der Waals surface area contributed by atoms with Crippen LogP contribution in [0.15, 0.2) is 15.6 Å². The van der Waals surface area contributed by atoms with Crippen molar-refractivity contribution in [2.45, 2.75) is 46.2 Å². The van der Waals surface area contributed by atoms with Gasteiger partial charge in [-0.1, -0.05) is 12.1 Å². The number of fused-ring (bicyclic) bond motifs is 1. The topological polar surface area (TPSA) is 116 Å². The second-order valence-electron chi connectivity index (χ2n) is 5.48. The van der Waals surface area contributed by atoms with E-state index in [-0.39, 0.29) is 35.3 Å². The molecule has 2 heterocycles. The van der Waals surface area contributed by atoms with Crippen molar-refractivity contribution in [3.63, 3.8) is 0 Å². The standard InChI is InChI=1S/C15H20N4O5/c1-5-9(12(20)17-8(3)4)19-7-16-13-10(14(19)21)11(18-24-13)15(22)23-6-2/h7-9H,5-6H2,1-4H3,(H,17,20). The van der Waals surface area contributed by atoms with Crippen LogP contribution in [0.3, 0.4) is 0 Å². The number of hydrogen-bond acceptors (Lipinski definition) is 7. The van der Waals surface area contributed by atoms with Crippen LogP contribution in [0.1, 0.15) is 50.6 Å². The quantitative estimate of drug-likeness (QED) is 0.783. The number of amides is 1. The largest absolute Gasteiger partial charge is 0.461 e. The lowest BCUT2D eigenvalue weighted by atomic mass is 10.2. The van der Waals surface area contributed by atoms with Gasteiger partial charge in [-0.3, -0.25) is 14.2 Å². The lowest BCUT2D eigenvalue weighted by molar-refractivity contribution is -0.125. The maximum atomic E-state index is 12.7. The van der Waals surface area contributed by atoms with Gasteiger partial charge in [0.15, 0.2) is 0 Å². The van der Waals surface area contributed by atoms with E-state index in [1.165, 1.54) is 10.9 Å². The van der Waals surface area contributed by atoms with Crippen LogP contribution >= 0.6 is 0 Å². The number of hydrogen-bond donors (Lipinski definition) is 1. The molecule has 24 heavy (non-hydrogen) atoms. The van der Waals surface area contributed by atoms with E-state index in [9.17, 15) is 14.4 Å². The van der Waals surface area contributed by atoms with E-state index in [0.29, 0.717) is 6.42 Å². The summed E-state index contributed by atoms with van der Waals surface area (Å²) in [5, 5.41) is 6.24. The zero-order valence-corrected chi connectivity index (χ0v) is 14.0. The molecule has 0 aliphatic carbocycles. The highest BCUT2D eigenvalue weighted by molar-refractivity contribution is 5.99. The first-order valence-electron chi connectivity index (χ1n) is 7.74. The second kappa shape index (κ2) is 7.24. The van der Waals surface area contributed by atoms with E-state index < -0.39 is 17.6 Å². The Hall–Kier alpha value is -2.71. The van der Waals surface area contributed by atoms with Crippen LogP contribution in [0, 0.1) is 0 Å². The van der Waals surface area contributed by atoms with Gasteiger partial charge in [0, 0.05) is 6.04 Å². The summed E-state index contributed by atoms with van der Waals surface area (Å²) in [6, 6.07) is -0.814. The Kier molecular flexibility index (Phi) is 5.32. The first-order valence-corrected chi connectivity index (χ1v) is 7.74. The van der Waals surface area contributed by atoms with Crippen molar-refractivity contribution in [3.8, 4) is 0 Å². The van der Waals surface area contributed by atoms with Crippen LogP contribution in [0.2, 0.25) is 0 Å². The van der Waals surface area contributed by atoms with Gasteiger partial charge >= 0.3 is 5.97 Å². The highest BCUT2D eigenvalue weighted by Gasteiger charge is 2.26. The number of esters is 1. The summed E-state index contributed by atoms with van der Waals surface area (Å²) in [6.07, 6.45) is 1.60. The number of nitrogens with zero attached hydrogens (tertiary/aromatic N) is 3. The smallest absolute Gasteiger partial charge is 0.361 e. The van der Waals surface area contributed by atoms with Crippen molar-refractivity contribution in [3.05, 3.63) is 22.4 Å². The second-order valence-corrected chi connectivity index (χ2v) is 5.48. The van der Waals surface area contributed by atoms with E-state index in [1.54, 1.807) is 13.8 Å². The molecule has 2 rings (SSSR count). The lowest BCUT2D eigenvalue weighted by Gasteiger charge is -2.18. The number of ether oxygens (including phenoxy) is 1. The predicted molar refractivity (Wildman–Crippen MR) is 84.6 cm³/mol. The minimum Gasteiger partial charge on any atom is -0.461 e. The fraction of sp³-hybridized carbons (Fsp3) is 0.533. The molecule has 0 aliphatic heterocycles. The molecular formula is C15H20N4O5. The summed E-state index contributed by atoms with van der Waals surface area (Å²) in [7, 11) is 0. The van der Waals surface area contributed by atoms with E-state index >= 15 is 0 Å². The molecule has 0 saturated carbocycles. The highest BCUT2D eigenvalue weighted by atomic mass is 16.5. The van der Waals surface area contributed by atoms with Crippen molar-refractivity contribution in [1.29, 1.82) is 0 Å². The third-order valence-corrected chi connectivity index (χ3v) is 3.35. The molecule has 1 unspecified atom stereocenters. The van der Waals surface area contributed by atoms with Gasteiger partial charge in [-0.2, -0.15) is 0 Å². The van der Waals surface area contributed by atoms with Gasteiger partial charge in [0.05, 0.1) is 6.61 Å². The first kappa shape index (κ1) is 17.6. The lowest BCUT2D eigenvalue weighted by Crippen LogP contribution is -2.40. The normalized spacial score (nSPS) is 12.4. The van der Waals surface area contributed by atoms with Crippen molar-refractivity contribution < 1.29 is 18.8 Å². The summed E-state index contributed by atoms with van der Waals surface area (Å²) in [5.74, 6) is -1.07. The van der Waals surface area contributed by atoms with Crippen LogP contribution in [0.25, 0.3) is 11.1 Å². The molecule has 130 valence electrons. The van der Waals surface area contributed by atoms with Crippen LogP contribution < -0.4 is 10.9 Å². The molecule has 0 fully saturated rings. The van der Waals surface area contributed by atoms with E-state index in [2.05, 4.69) is 15.5 Å². The van der Waals surface area contributed by atoms with E-state index in [4.69, 9.17) is 9.26 Å². The number of carbonyl (C=O) groups is 2. The van der Waals surface area contributed by atoms with E-state index in [0.717, 1.165) is 0 Å². The molecule has 9 nitrogen and oxygen atoms in total. The van der Waals surface area contributed by atoms with Crippen molar-refractivity contribution >= 4 is 23.0 Å². The Morgan fingerprint density at radius 2 is 2.08 bits per heavy atom. The SMILES string of the molecule is CCOC(=O)c1noc2ncn(C(CC)C(=O)NC(C)C)c(=O)c12. The summed E-state index contributed by atoms with van der Waals surface area (Å²) in [5.41, 5.74) is -0.883. The minimum absolute atomic E-state index is 0.0652. The minimum atomic E-state index is -0.771. The predicted octanol–water partition coefficient (Wildman–Crippen LogP) is 1.04. The monoisotopic (exact) mass is 336 g/mol. The number of nitrogens with one attached hydrogen (secondary N) is 1. The fourth-order valence-electron chi connectivity index (χ4n) is 2.31. The van der Waals surface area contributed by atoms with Gasteiger partial charge < -0.3 is 14.6 Å². The maximum absolute atomic E-state index is 12.7. The Morgan fingerprint density at radius 3 is 2.67 bits per heavy atom. The molecule has 0 aromatic carbocycles. The van der Waals surface area contributed by atoms with E-state index in [1.807, 2.05) is 13.8 Å². The van der Waals surface area contributed by atoms with Gasteiger partial charge in [-0.15, -0.1) is 0 Å². The highest BCUT2D eigenvalue weighted by Crippen LogP contribution is 2.16. The molecular weight excluding hydrogens is 316 g/mol. The van der Waals surface area contributed by atoms with Crippen molar-refractivity contribution in [2.75, 3.05) is 6.61 Å². The molecule has 0 bridgehead atoms. The summed E-state index contributed by atoms with van der Waals surface area (Å²) in [6.45, 7) is 7.21. The molecule has 0 aliphatic rings. The van der Waals surface area contributed by atoms with Crippen molar-refractivity contribution in [1.82, 2.24) is 20.0 Å². The number of aromatic nitrogens is 3. The van der Waals surface area contributed by atoms with Crippen LogP contribution in [-0.2, 0) is 9.53 Å². The molecule has 1 atom stereocenters. The maximum Gasteiger partial charge on any atom is 0.361 e. The molecule has 0 radical (unpaired) electrons. The van der Waals surface area contributed by atoms with Gasteiger partial charge in [0.1, 0.15) is 17.8 Å². The zero-order chi connectivity index (χ0) is 17.9. The molecule has 1 amide bonds. The van der Waals surface area contributed by atoms with Gasteiger partial charge in [0.25, 0.3) is 11.3 Å². The third kappa shape index (κ3) is 3.29. The molecule has 0 spiro atoms. The van der Waals surface area contributed by atoms with Gasteiger partial charge in [-0.05, 0) is 27.2 Å². The third-order valence-electron chi connectivity index (χ3n) is 3.35. The van der Waals surface area contributed by atoms with Gasteiger partial charge in [0.2, 0.25) is 11.6 Å². The fourth-order valence-corrected chi connectivity index (χ4v) is 2.31. The van der Waals surface area contributed by atoms with Crippen LogP contribution in [0.4, 0.5) is 0 Å². The number of rotatable bonds is 6. The molecule has 2 aromatic rings. The molecule has 0 saturated heterocycles. The molecule has 1 N–H and O–H groups in total. The Balaban J connectivity index is 2.54. The Morgan fingerprint density at radius 1 is 1.38 bits per heavy atom. The zero-order valence-electron chi connectivity index (χ0n) is 14.0. The summed E-state index contributed by atoms with van der Waals surface area (Å²) < 4.78 is 11.0. The molecule has 9 heteroatoms. The molecule has 2 aromatic heterocycles. The summed E-state index contributed by atoms with van der Waals surface area (Å²) >= 11 is 0. The van der Waals surface area contributed by atoms with Gasteiger partial charge in [-0.25, -0.2) is 9.78 Å². The average molecular weight is 336 g/mol. The Labute approximate surface area is 138 Å². The first-order chi connectivity index (χ1) is 11.4. The van der Waals surface area contributed by atoms with Crippen molar-refractivity contribution in [2.24, 2.45) is 0 Å². The number of carbonyl (C=O) groups excluding carboxylic acids is 2. The Bertz CT molecular complexity index is 808. The average Bonchev–Trinajstić information content (AvgIpc) is 2.94. The van der Waals surface area contributed by atoms with Crippen LogP contribution in [0.5, 0.6) is 0 Å². The summed E-state index contributed by atoms with van der Waals surface area (Å²) in [4.78, 5) is 40.9.